The first-order valence-corrected chi connectivity index (χ1v) is 6.49. The monoisotopic (exact) mass is 256 g/mol. The van der Waals surface area contributed by atoms with Crippen molar-refractivity contribution >= 4 is 11.7 Å². The summed E-state index contributed by atoms with van der Waals surface area (Å²) < 4.78 is 0. The number of nitriles is 1. The summed E-state index contributed by atoms with van der Waals surface area (Å²) >= 11 is 0. The molecule has 0 spiro atoms. The fourth-order valence-corrected chi connectivity index (χ4v) is 2.81. The smallest absolute Gasteiger partial charge is 0.317 e. The summed E-state index contributed by atoms with van der Waals surface area (Å²) in [5, 5.41) is 11.8. The van der Waals surface area contributed by atoms with Crippen LogP contribution in [-0.2, 0) is 0 Å². The van der Waals surface area contributed by atoms with Crippen LogP contribution >= 0.6 is 0 Å². The summed E-state index contributed by atoms with van der Waals surface area (Å²) in [6.07, 6.45) is 0. The Labute approximate surface area is 112 Å². The average molecular weight is 256 g/mol. The van der Waals surface area contributed by atoms with Crippen LogP contribution in [0.5, 0.6) is 0 Å². The number of hydrogen-bond donors (Lipinski definition) is 1. The molecule has 19 heavy (non-hydrogen) atoms. The zero-order valence-corrected chi connectivity index (χ0v) is 10.9. The van der Waals surface area contributed by atoms with Crippen molar-refractivity contribution in [1.29, 1.82) is 5.26 Å². The molecule has 2 aliphatic heterocycles. The maximum atomic E-state index is 11.5. The predicted molar refractivity (Wildman–Crippen MR) is 72.0 cm³/mol. The van der Waals surface area contributed by atoms with Crippen LogP contribution in [0, 0.1) is 18.3 Å². The van der Waals surface area contributed by atoms with Gasteiger partial charge in [-0.05, 0) is 30.7 Å². The lowest BCUT2D eigenvalue weighted by Crippen LogP contribution is -2.52. The molecule has 1 atom stereocenters. The molecule has 5 heteroatoms. The molecular formula is C14H16N4O. The summed E-state index contributed by atoms with van der Waals surface area (Å²) in [6, 6.07) is 8.42. The minimum atomic E-state index is 0.0562. The van der Waals surface area contributed by atoms with Gasteiger partial charge in [-0.2, -0.15) is 5.26 Å². The molecule has 0 radical (unpaired) electrons. The Morgan fingerprint density at radius 3 is 3.00 bits per heavy atom. The molecule has 2 aliphatic rings. The van der Waals surface area contributed by atoms with E-state index in [-0.39, 0.29) is 12.1 Å². The van der Waals surface area contributed by atoms with E-state index < -0.39 is 0 Å². The standard InChI is InChI=1S/C14H16N4O/c1-10-6-12(3-2-11(10)7-15)17-4-5-18-13(9-17)8-16-14(18)19/h2-3,6,13H,4-5,8-9H2,1H3,(H,16,19). The summed E-state index contributed by atoms with van der Waals surface area (Å²) in [5.74, 6) is 0. The summed E-state index contributed by atoms with van der Waals surface area (Å²) in [7, 11) is 0. The number of carbonyl (C=O) groups excluding carboxylic acids is 1. The molecule has 1 unspecified atom stereocenters. The minimum Gasteiger partial charge on any atom is -0.368 e. The Hall–Kier alpha value is -2.22. The molecule has 5 nitrogen and oxygen atoms in total. The van der Waals surface area contributed by atoms with E-state index in [9.17, 15) is 4.79 Å². The maximum absolute atomic E-state index is 11.5. The van der Waals surface area contributed by atoms with Gasteiger partial charge in [0.15, 0.2) is 0 Å². The van der Waals surface area contributed by atoms with Crippen molar-refractivity contribution in [3.8, 4) is 6.07 Å². The molecule has 3 rings (SSSR count). The van der Waals surface area contributed by atoms with Gasteiger partial charge >= 0.3 is 6.03 Å². The third-order valence-electron chi connectivity index (χ3n) is 3.93. The molecule has 1 aromatic carbocycles. The molecule has 98 valence electrons. The zero-order chi connectivity index (χ0) is 13.4. The van der Waals surface area contributed by atoms with Gasteiger partial charge < -0.3 is 15.1 Å². The van der Waals surface area contributed by atoms with Gasteiger partial charge in [-0.3, -0.25) is 0 Å². The SMILES string of the molecule is Cc1cc(N2CCN3C(=O)NCC3C2)ccc1C#N. The Bertz CT molecular complexity index is 563. The second-order valence-electron chi connectivity index (χ2n) is 5.09. The number of nitrogens with zero attached hydrogens (tertiary/aromatic N) is 3. The molecule has 0 saturated carbocycles. The Balaban J connectivity index is 1.79. The van der Waals surface area contributed by atoms with Crippen LogP contribution in [0.1, 0.15) is 11.1 Å². The molecular weight excluding hydrogens is 240 g/mol. The van der Waals surface area contributed by atoms with Gasteiger partial charge in [-0.15, -0.1) is 0 Å². The maximum Gasteiger partial charge on any atom is 0.317 e. The van der Waals surface area contributed by atoms with E-state index in [1.807, 2.05) is 24.0 Å². The summed E-state index contributed by atoms with van der Waals surface area (Å²) in [5.41, 5.74) is 2.86. The van der Waals surface area contributed by atoms with Crippen LogP contribution in [0.2, 0.25) is 0 Å². The number of anilines is 1. The molecule has 1 N–H and O–H groups in total. The first-order valence-electron chi connectivity index (χ1n) is 6.49. The van der Waals surface area contributed by atoms with Crippen molar-refractivity contribution in [1.82, 2.24) is 10.2 Å². The number of rotatable bonds is 1. The van der Waals surface area contributed by atoms with Gasteiger partial charge in [0.05, 0.1) is 17.7 Å². The van der Waals surface area contributed by atoms with E-state index in [4.69, 9.17) is 5.26 Å². The Kier molecular flexibility index (Phi) is 2.79. The number of amides is 2. The topological polar surface area (TPSA) is 59.4 Å². The van der Waals surface area contributed by atoms with E-state index in [1.165, 1.54) is 0 Å². The molecule has 2 fully saturated rings. The Morgan fingerprint density at radius 2 is 2.26 bits per heavy atom. The van der Waals surface area contributed by atoms with Crippen LogP contribution in [-0.4, -0.2) is 43.2 Å². The number of fused-ring (bicyclic) bond motifs is 1. The Morgan fingerprint density at radius 1 is 1.42 bits per heavy atom. The van der Waals surface area contributed by atoms with Crippen molar-refractivity contribution in [3.05, 3.63) is 29.3 Å². The average Bonchev–Trinajstić information content (AvgIpc) is 2.80. The first kappa shape index (κ1) is 11.8. The van der Waals surface area contributed by atoms with Crippen molar-refractivity contribution in [3.63, 3.8) is 0 Å². The molecule has 0 aliphatic carbocycles. The second-order valence-corrected chi connectivity index (χ2v) is 5.09. The number of piperazine rings is 1. The first-order chi connectivity index (χ1) is 9.19. The van der Waals surface area contributed by atoms with Crippen molar-refractivity contribution in [2.24, 2.45) is 0 Å². The van der Waals surface area contributed by atoms with Crippen LogP contribution in [0.3, 0.4) is 0 Å². The number of aryl methyl sites for hydroxylation is 1. The van der Waals surface area contributed by atoms with Crippen molar-refractivity contribution in [2.45, 2.75) is 13.0 Å². The van der Waals surface area contributed by atoms with E-state index in [2.05, 4.69) is 22.4 Å². The largest absolute Gasteiger partial charge is 0.368 e. The quantitative estimate of drug-likeness (QED) is 0.818. The number of hydrogen-bond acceptors (Lipinski definition) is 3. The van der Waals surface area contributed by atoms with Crippen molar-refractivity contribution < 1.29 is 4.79 Å². The number of urea groups is 1. The van der Waals surface area contributed by atoms with Crippen LogP contribution in [0.15, 0.2) is 18.2 Å². The van der Waals surface area contributed by atoms with Gasteiger partial charge in [0.1, 0.15) is 0 Å². The molecule has 0 bridgehead atoms. The van der Waals surface area contributed by atoms with E-state index in [0.29, 0.717) is 0 Å². The third kappa shape index (κ3) is 1.99. The summed E-state index contributed by atoms with van der Waals surface area (Å²) in [4.78, 5) is 15.7. The molecule has 2 saturated heterocycles. The molecule has 0 aromatic heterocycles. The zero-order valence-electron chi connectivity index (χ0n) is 10.9. The van der Waals surface area contributed by atoms with Gasteiger partial charge in [-0.1, -0.05) is 0 Å². The third-order valence-corrected chi connectivity index (χ3v) is 3.93. The molecule has 2 amide bonds. The highest BCUT2D eigenvalue weighted by molar-refractivity contribution is 5.77. The highest BCUT2D eigenvalue weighted by Crippen LogP contribution is 2.23. The molecule has 1 aromatic rings. The van der Waals surface area contributed by atoms with E-state index >= 15 is 0 Å². The highest BCUT2D eigenvalue weighted by atomic mass is 16.2. The van der Waals surface area contributed by atoms with Crippen LogP contribution < -0.4 is 10.2 Å². The van der Waals surface area contributed by atoms with Crippen LogP contribution in [0.25, 0.3) is 0 Å². The predicted octanol–water partition coefficient (Wildman–Crippen LogP) is 1.08. The van der Waals surface area contributed by atoms with Gasteiger partial charge in [0, 0.05) is 31.9 Å². The fourth-order valence-electron chi connectivity index (χ4n) is 2.81. The molecule has 2 heterocycles. The number of nitrogens with one attached hydrogen (secondary N) is 1. The van der Waals surface area contributed by atoms with Crippen molar-refractivity contribution in [2.75, 3.05) is 31.1 Å². The normalized spacial score (nSPS) is 21.9. The lowest BCUT2D eigenvalue weighted by atomic mass is 10.1. The number of carbonyl (C=O) groups is 1. The lowest BCUT2D eigenvalue weighted by Gasteiger charge is -2.37. The highest BCUT2D eigenvalue weighted by Gasteiger charge is 2.35. The fraction of sp³-hybridized carbons (Fsp3) is 0.429. The van der Waals surface area contributed by atoms with E-state index in [1.54, 1.807) is 0 Å². The van der Waals surface area contributed by atoms with E-state index in [0.717, 1.165) is 43.0 Å². The summed E-state index contributed by atoms with van der Waals surface area (Å²) in [6.45, 7) is 5.14. The lowest BCUT2D eigenvalue weighted by molar-refractivity contribution is 0.197. The van der Waals surface area contributed by atoms with Gasteiger partial charge in [-0.25, -0.2) is 4.79 Å². The second kappa shape index (κ2) is 4.47. The van der Waals surface area contributed by atoms with Gasteiger partial charge in [0.25, 0.3) is 0 Å². The van der Waals surface area contributed by atoms with Gasteiger partial charge in [0.2, 0.25) is 0 Å². The minimum absolute atomic E-state index is 0.0562. The van der Waals surface area contributed by atoms with Crippen LogP contribution in [0.4, 0.5) is 10.5 Å². The number of benzene rings is 1.